The Morgan fingerprint density at radius 1 is 0.952 bits per heavy atom. The molecule has 0 fully saturated rings. The van der Waals surface area contributed by atoms with E-state index >= 15 is 0 Å². The second-order valence-electron chi connectivity index (χ2n) is 4.38. The summed E-state index contributed by atoms with van der Waals surface area (Å²) in [5.41, 5.74) is 2.25. The summed E-state index contributed by atoms with van der Waals surface area (Å²) in [7, 11) is 3.29. The minimum atomic E-state index is 0. The molecule has 1 N–H and O–H groups in total. The lowest BCUT2D eigenvalue weighted by Crippen LogP contribution is -2.13. The molecular formula is C16H19Cl2NO2. The number of benzene rings is 2. The first-order chi connectivity index (χ1) is 9.74. The molecule has 114 valence electrons. The molecule has 0 amide bonds. The molecule has 0 unspecified atom stereocenters. The highest BCUT2D eigenvalue weighted by atomic mass is 35.5. The van der Waals surface area contributed by atoms with E-state index in [9.17, 15) is 0 Å². The maximum atomic E-state index is 6.10. The van der Waals surface area contributed by atoms with Gasteiger partial charge in [0.25, 0.3) is 0 Å². The van der Waals surface area contributed by atoms with Crippen molar-refractivity contribution < 1.29 is 9.47 Å². The monoisotopic (exact) mass is 327 g/mol. The van der Waals surface area contributed by atoms with E-state index in [1.807, 2.05) is 42.5 Å². The van der Waals surface area contributed by atoms with E-state index in [0.717, 1.165) is 30.0 Å². The van der Waals surface area contributed by atoms with Gasteiger partial charge in [-0.3, -0.25) is 0 Å². The Morgan fingerprint density at radius 2 is 1.67 bits per heavy atom. The van der Waals surface area contributed by atoms with Gasteiger partial charge in [0.1, 0.15) is 11.5 Å². The highest BCUT2D eigenvalue weighted by Crippen LogP contribution is 2.25. The third-order valence-electron chi connectivity index (χ3n) is 3.05. The third kappa shape index (κ3) is 4.81. The van der Waals surface area contributed by atoms with Gasteiger partial charge in [0, 0.05) is 18.7 Å². The van der Waals surface area contributed by atoms with Gasteiger partial charge in [-0.25, -0.2) is 0 Å². The highest BCUT2D eigenvalue weighted by molar-refractivity contribution is 6.32. The lowest BCUT2D eigenvalue weighted by Gasteiger charge is -2.10. The van der Waals surface area contributed by atoms with Crippen LogP contribution in [0.25, 0.3) is 0 Å². The zero-order valence-corrected chi connectivity index (χ0v) is 13.6. The van der Waals surface area contributed by atoms with Gasteiger partial charge in [0.05, 0.1) is 19.2 Å². The number of nitrogens with one attached hydrogen (secondary N) is 1. The van der Waals surface area contributed by atoms with Gasteiger partial charge in [-0.2, -0.15) is 0 Å². The van der Waals surface area contributed by atoms with Crippen LogP contribution in [-0.2, 0) is 13.1 Å². The molecule has 0 aromatic heterocycles. The van der Waals surface area contributed by atoms with E-state index in [1.54, 1.807) is 14.2 Å². The summed E-state index contributed by atoms with van der Waals surface area (Å²) in [4.78, 5) is 0. The zero-order chi connectivity index (χ0) is 14.4. The fraction of sp³-hybridized carbons (Fsp3) is 0.250. The molecule has 0 spiro atoms. The number of methoxy groups -OCH3 is 2. The first-order valence-corrected chi connectivity index (χ1v) is 6.77. The van der Waals surface area contributed by atoms with E-state index < -0.39 is 0 Å². The highest BCUT2D eigenvalue weighted by Gasteiger charge is 2.03. The van der Waals surface area contributed by atoms with E-state index in [-0.39, 0.29) is 12.4 Å². The molecule has 0 saturated carbocycles. The molecule has 0 aliphatic rings. The third-order valence-corrected chi connectivity index (χ3v) is 3.35. The molecule has 0 bridgehead atoms. The lowest BCUT2D eigenvalue weighted by atomic mass is 10.2. The van der Waals surface area contributed by atoms with Crippen molar-refractivity contribution in [2.24, 2.45) is 0 Å². The molecular weight excluding hydrogens is 309 g/mol. The number of hydrogen-bond acceptors (Lipinski definition) is 3. The second kappa shape index (κ2) is 8.78. The molecule has 0 radical (unpaired) electrons. The van der Waals surface area contributed by atoms with Crippen LogP contribution < -0.4 is 14.8 Å². The van der Waals surface area contributed by atoms with Gasteiger partial charge in [0.2, 0.25) is 0 Å². The molecule has 3 nitrogen and oxygen atoms in total. The zero-order valence-electron chi connectivity index (χ0n) is 12.1. The van der Waals surface area contributed by atoms with Crippen molar-refractivity contribution in [3.63, 3.8) is 0 Å². The van der Waals surface area contributed by atoms with Crippen LogP contribution in [-0.4, -0.2) is 14.2 Å². The molecule has 2 rings (SSSR count). The average molecular weight is 328 g/mol. The molecule has 0 aliphatic carbocycles. The van der Waals surface area contributed by atoms with Gasteiger partial charge < -0.3 is 14.8 Å². The van der Waals surface area contributed by atoms with Crippen LogP contribution in [0.4, 0.5) is 0 Å². The van der Waals surface area contributed by atoms with Crippen molar-refractivity contribution in [3.05, 3.63) is 58.6 Å². The van der Waals surface area contributed by atoms with Gasteiger partial charge in [-0.15, -0.1) is 12.4 Å². The topological polar surface area (TPSA) is 30.5 Å². The van der Waals surface area contributed by atoms with Crippen LogP contribution in [0.1, 0.15) is 11.1 Å². The number of halogens is 2. The number of hydrogen-bond donors (Lipinski definition) is 1. The molecule has 0 atom stereocenters. The summed E-state index contributed by atoms with van der Waals surface area (Å²) >= 11 is 6.10. The van der Waals surface area contributed by atoms with Crippen molar-refractivity contribution in [3.8, 4) is 11.5 Å². The predicted octanol–water partition coefficient (Wildman–Crippen LogP) is 4.07. The summed E-state index contributed by atoms with van der Waals surface area (Å²) in [5, 5.41) is 4.01. The van der Waals surface area contributed by atoms with Gasteiger partial charge in [0.15, 0.2) is 0 Å². The van der Waals surface area contributed by atoms with Gasteiger partial charge >= 0.3 is 0 Å². The van der Waals surface area contributed by atoms with Crippen molar-refractivity contribution in [2.75, 3.05) is 14.2 Å². The van der Waals surface area contributed by atoms with E-state index in [4.69, 9.17) is 21.1 Å². The first kappa shape index (κ1) is 17.6. The van der Waals surface area contributed by atoms with Crippen molar-refractivity contribution in [2.45, 2.75) is 13.1 Å². The Hall–Kier alpha value is -1.42. The fourth-order valence-corrected chi connectivity index (χ4v) is 2.29. The largest absolute Gasteiger partial charge is 0.496 e. The summed E-state index contributed by atoms with van der Waals surface area (Å²) in [6.07, 6.45) is 0. The summed E-state index contributed by atoms with van der Waals surface area (Å²) in [6, 6.07) is 13.8. The van der Waals surface area contributed by atoms with Crippen molar-refractivity contribution in [1.29, 1.82) is 0 Å². The molecule has 2 aromatic rings. The minimum absolute atomic E-state index is 0. The lowest BCUT2D eigenvalue weighted by molar-refractivity contribution is 0.407. The smallest absolute Gasteiger partial charge is 0.137 e. The second-order valence-corrected chi connectivity index (χ2v) is 4.79. The summed E-state index contributed by atoms with van der Waals surface area (Å²) < 4.78 is 10.5. The van der Waals surface area contributed by atoms with Crippen LogP contribution in [0.3, 0.4) is 0 Å². The SMILES string of the molecule is COc1ccc(CNCc2ccccc2OC)cc1Cl.Cl. The number of ether oxygens (including phenoxy) is 2. The summed E-state index contributed by atoms with van der Waals surface area (Å²) in [6.45, 7) is 1.48. The maximum Gasteiger partial charge on any atom is 0.137 e. The van der Waals surface area contributed by atoms with Crippen LogP contribution in [0.5, 0.6) is 11.5 Å². The molecule has 5 heteroatoms. The Labute approximate surface area is 136 Å². The van der Waals surface area contributed by atoms with Gasteiger partial charge in [-0.1, -0.05) is 35.9 Å². The van der Waals surface area contributed by atoms with E-state index in [0.29, 0.717) is 10.8 Å². The first-order valence-electron chi connectivity index (χ1n) is 6.39. The Balaban J connectivity index is 0.00000220. The Morgan fingerprint density at radius 3 is 2.33 bits per heavy atom. The summed E-state index contributed by atoms with van der Waals surface area (Å²) in [5.74, 6) is 1.59. The molecule has 0 aliphatic heterocycles. The number of para-hydroxylation sites is 1. The van der Waals surface area contributed by atoms with Crippen molar-refractivity contribution in [1.82, 2.24) is 5.32 Å². The molecule has 2 aromatic carbocycles. The molecule has 21 heavy (non-hydrogen) atoms. The quantitative estimate of drug-likeness (QED) is 0.867. The normalized spacial score (nSPS) is 9.86. The Kier molecular flexibility index (Phi) is 7.37. The minimum Gasteiger partial charge on any atom is -0.496 e. The maximum absolute atomic E-state index is 6.10. The van der Waals surface area contributed by atoms with Gasteiger partial charge in [-0.05, 0) is 23.8 Å². The average Bonchev–Trinajstić information content (AvgIpc) is 2.48. The van der Waals surface area contributed by atoms with Crippen LogP contribution in [0, 0.1) is 0 Å². The molecule has 0 heterocycles. The molecule has 0 saturated heterocycles. The Bertz CT molecular complexity index is 576. The fourth-order valence-electron chi connectivity index (χ4n) is 2.01. The predicted molar refractivity (Wildman–Crippen MR) is 88.8 cm³/mol. The van der Waals surface area contributed by atoms with E-state index in [1.165, 1.54) is 0 Å². The van der Waals surface area contributed by atoms with Crippen LogP contribution >= 0.6 is 24.0 Å². The standard InChI is InChI=1S/C16H18ClNO2.ClH/c1-19-15-6-4-3-5-13(15)11-18-10-12-7-8-16(20-2)14(17)9-12;/h3-9,18H,10-11H2,1-2H3;1H. The van der Waals surface area contributed by atoms with Crippen LogP contribution in [0.15, 0.2) is 42.5 Å². The van der Waals surface area contributed by atoms with Crippen molar-refractivity contribution >= 4 is 24.0 Å². The van der Waals surface area contributed by atoms with E-state index in [2.05, 4.69) is 5.32 Å². The van der Waals surface area contributed by atoms with Crippen LogP contribution in [0.2, 0.25) is 5.02 Å². The number of rotatable bonds is 6.